The lowest BCUT2D eigenvalue weighted by molar-refractivity contribution is -0.159. The van der Waals surface area contributed by atoms with Gasteiger partial charge in [-0.1, -0.05) is 58.3 Å². The third kappa shape index (κ3) is 12.5. The van der Waals surface area contributed by atoms with E-state index in [1.807, 2.05) is 11.8 Å². The molecule has 0 bridgehead atoms. The van der Waals surface area contributed by atoms with Gasteiger partial charge in [0.25, 0.3) is 0 Å². The van der Waals surface area contributed by atoms with E-state index in [9.17, 15) is 8.42 Å². The van der Waals surface area contributed by atoms with E-state index in [2.05, 4.69) is 11.1 Å². The summed E-state index contributed by atoms with van der Waals surface area (Å²) in [5.41, 5.74) is 0. The Kier molecular flexibility index (Phi) is 12.4. The van der Waals surface area contributed by atoms with Crippen molar-refractivity contribution in [2.45, 2.75) is 89.9 Å². The molecule has 0 amide bonds. The third-order valence-electron chi connectivity index (χ3n) is 4.47. The van der Waals surface area contributed by atoms with Gasteiger partial charge in [-0.3, -0.25) is 4.55 Å². The lowest BCUT2D eigenvalue weighted by atomic mass is 10.1. The molecule has 1 heterocycles. The molecule has 0 aromatic carbocycles. The first-order valence-corrected chi connectivity index (χ1v) is 12.4. The van der Waals surface area contributed by atoms with Gasteiger partial charge in [0.2, 0.25) is 0 Å². The second kappa shape index (κ2) is 13.3. The summed E-state index contributed by atoms with van der Waals surface area (Å²) >= 11 is 1.88. The third-order valence-corrected chi connectivity index (χ3v) is 6.12. The Balaban J connectivity index is 1.95. The fourth-order valence-electron chi connectivity index (χ4n) is 2.96. The summed E-state index contributed by atoms with van der Waals surface area (Å²) in [5.74, 6) is 1.18. The summed E-state index contributed by atoms with van der Waals surface area (Å²) in [4.78, 5) is 0. The highest BCUT2D eigenvalue weighted by Crippen LogP contribution is 2.28. The van der Waals surface area contributed by atoms with E-state index in [1.165, 1.54) is 57.8 Å². The standard InChI is InChI=1S/C18H36O6S2/c1-3-4-5-6-7-8-9-10-11-14-25-16-17-15-22-18(2,24-17)12-13-23-26(19,20)21/h17H,3-16H2,1-2H3,(H,19,20,21). The highest BCUT2D eigenvalue weighted by Gasteiger charge is 2.37. The van der Waals surface area contributed by atoms with E-state index in [1.54, 1.807) is 6.92 Å². The first kappa shape index (κ1) is 24.2. The van der Waals surface area contributed by atoms with Crippen LogP contribution in [0.15, 0.2) is 0 Å². The molecule has 1 saturated heterocycles. The maximum absolute atomic E-state index is 10.5. The SMILES string of the molecule is CCCCCCCCCCCSCC1COC(C)(CCOS(=O)(=O)O)O1. The quantitative estimate of drug-likeness (QED) is 0.293. The van der Waals surface area contributed by atoms with Crippen LogP contribution in [0.4, 0.5) is 0 Å². The van der Waals surface area contributed by atoms with Crippen molar-refractivity contribution in [2.24, 2.45) is 0 Å². The van der Waals surface area contributed by atoms with Gasteiger partial charge in [0.05, 0.1) is 19.3 Å². The van der Waals surface area contributed by atoms with E-state index in [0.717, 1.165) is 11.5 Å². The van der Waals surface area contributed by atoms with Gasteiger partial charge < -0.3 is 9.47 Å². The Bertz CT molecular complexity index is 457. The Morgan fingerprint density at radius 1 is 1.12 bits per heavy atom. The lowest BCUT2D eigenvalue weighted by Gasteiger charge is -2.22. The summed E-state index contributed by atoms with van der Waals surface area (Å²) in [6, 6.07) is 0. The average Bonchev–Trinajstić information content (AvgIpc) is 2.93. The lowest BCUT2D eigenvalue weighted by Crippen LogP contribution is -2.29. The molecule has 0 saturated carbocycles. The van der Waals surface area contributed by atoms with Gasteiger partial charge in [0.1, 0.15) is 0 Å². The maximum Gasteiger partial charge on any atom is 0.397 e. The second-order valence-corrected chi connectivity index (χ2v) is 9.33. The highest BCUT2D eigenvalue weighted by molar-refractivity contribution is 7.99. The van der Waals surface area contributed by atoms with E-state index in [4.69, 9.17) is 14.0 Å². The van der Waals surface area contributed by atoms with Gasteiger partial charge >= 0.3 is 10.4 Å². The van der Waals surface area contributed by atoms with Crippen LogP contribution in [0.3, 0.4) is 0 Å². The predicted molar refractivity (Wildman–Crippen MR) is 106 cm³/mol. The molecular weight excluding hydrogens is 376 g/mol. The minimum Gasteiger partial charge on any atom is -0.347 e. The summed E-state index contributed by atoms with van der Waals surface area (Å²) in [6.45, 7) is 4.37. The van der Waals surface area contributed by atoms with E-state index >= 15 is 0 Å². The molecule has 0 spiro atoms. The number of hydrogen-bond acceptors (Lipinski definition) is 6. The van der Waals surface area contributed by atoms with Crippen molar-refractivity contribution in [2.75, 3.05) is 24.7 Å². The zero-order valence-electron chi connectivity index (χ0n) is 16.3. The van der Waals surface area contributed by atoms with Crippen LogP contribution >= 0.6 is 11.8 Å². The monoisotopic (exact) mass is 412 g/mol. The van der Waals surface area contributed by atoms with Gasteiger partial charge in [-0.2, -0.15) is 20.2 Å². The molecule has 1 N–H and O–H groups in total. The molecule has 156 valence electrons. The van der Waals surface area contributed by atoms with Crippen LogP contribution in [0.1, 0.15) is 78.1 Å². The van der Waals surface area contributed by atoms with Crippen molar-refractivity contribution < 1.29 is 26.6 Å². The Morgan fingerprint density at radius 3 is 2.35 bits per heavy atom. The Hall–Kier alpha value is 0.140. The van der Waals surface area contributed by atoms with Crippen molar-refractivity contribution in [3.8, 4) is 0 Å². The van der Waals surface area contributed by atoms with Gasteiger partial charge in [0.15, 0.2) is 5.79 Å². The topological polar surface area (TPSA) is 82.1 Å². The number of thioether (sulfide) groups is 1. The van der Waals surface area contributed by atoms with Crippen molar-refractivity contribution in [3.05, 3.63) is 0 Å². The molecule has 6 nitrogen and oxygen atoms in total. The van der Waals surface area contributed by atoms with Crippen LogP contribution < -0.4 is 0 Å². The molecule has 0 aromatic heterocycles. The van der Waals surface area contributed by atoms with Gasteiger partial charge in [-0.15, -0.1) is 0 Å². The average molecular weight is 413 g/mol. The van der Waals surface area contributed by atoms with Crippen molar-refractivity contribution in [1.82, 2.24) is 0 Å². The molecule has 26 heavy (non-hydrogen) atoms. The molecule has 2 unspecified atom stereocenters. The molecule has 1 aliphatic heterocycles. The number of rotatable bonds is 16. The van der Waals surface area contributed by atoms with Gasteiger partial charge in [-0.05, 0) is 19.1 Å². The zero-order valence-corrected chi connectivity index (χ0v) is 17.9. The molecule has 1 rings (SSSR count). The van der Waals surface area contributed by atoms with E-state index in [-0.39, 0.29) is 19.1 Å². The fraction of sp³-hybridized carbons (Fsp3) is 1.00. The molecule has 1 aliphatic rings. The Labute approximate surface area is 163 Å². The van der Waals surface area contributed by atoms with Crippen molar-refractivity contribution >= 4 is 22.2 Å². The first-order valence-electron chi connectivity index (χ1n) is 9.86. The molecule has 0 aromatic rings. The van der Waals surface area contributed by atoms with Gasteiger partial charge in [0, 0.05) is 12.2 Å². The van der Waals surface area contributed by atoms with Gasteiger partial charge in [-0.25, -0.2) is 4.18 Å². The van der Waals surface area contributed by atoms with E-state index in [0.29, 0.717) is 6.61 Å². The van der Waals surface area contributed by atoms with Crippen LogP contribution in [0.25, 0.3) is 0 Å². The number of hydrogen-bond donors (Lipinski definition) is 1. The number of ether oxygens (including phenoxy) is 2. The van der Waals surface area contributed by atoms with Crippen LogP contribution in [0, 0.1) is 0 Å². The van der Waals surface area contributed by atoms with Crippen LogP contribution in [0.2, 0.25) is 0 Å². The molecular formula is C18H36O6S2. The summed E-state index contributed by atoms with van der Waals surface area (Å²) in [6.07, 6.45) is 12.3. The predicted octanol–water partition coefficient (Wildman–Crippen LogP) is 4.59. The summed E-state index contributed by atoms with van der Waals surface area (Å²) in [5, 5.41) is 0. The largest absolute Gasteiger partial charge is 0.397 e. The van der Waals surface area contributed by atoms with E-state index < -0.39 is 16.2 Å². The summed E-state index contributed by atoms with van der Waals surface area (Å²) in [7, 11) is -4.40. The van der Waals surface area contributed by atoms with Crippen molar-refractivity contribution in [3.63, 3.8) is 0 Å². The highest BCUT2D eigenvalue weighted by atomic mass is 32.3. The summed E-state index contributed by atoms with van der Waals surface area (Å²) < 4.78 is 45.5. The maximum atomic E-state index is 10.5. The Morgan fingerprint density at radius 2 is 1.73 bits per heavy atom. The van der Waals surface area contributed by atoms with Crippen LogP contribution in [-0.2, 0) is 24.1 Å². The van der Waals surface area contributed by atoms with Crippen LogP contribution in [0.5, 0.6) is 0 Å². The second-order valence-electron chi connectivity index (χ2n) is 7.09. The minimum absolute atomic E-state index is 0.0225. The molecule has 0 aliphatic carbocycles. The minimum atomic E-state index is -4.40. The molecule has 2 atom stereocenters. The smallest absolute Gasteiger partial charge is 0.347 e. The fourth-order valence-corrected chi connectivity index (χ4v) is 4.26. The number of unbranched alkanes of at least 4 members (excludes halogenated alkanes) is 8. The van der Waals surface area contributed by atoms with Crippen molar-refractivity contribution in [1.29, 1.82) is 0 Å². The normalized spacial score (nSPS) is 23.6. The zero-order chi connectivity index (χ0) is 19.3. The molecule has 8 heteroatoms. The first-order chi connectivity index (χ1) is 12.3. The molecule has 1 fully saturated rings. The molecule has 0 radical (unpaired) electrons. The van der Waals surface area contributed by atoms with Crippen LogP contribution in [-0.4, -0.2) is 49.6 Å².